The predicted octanol–water partition coefficient (Wildman–Crippen LogP) is 3.32. The zero-order valence-corrected chi connectivity index (χ0v) is 8.22. The lowest BCUT2D eigenvalue weighted by Crippen LogP contribution is -2.14. The summed E-state index contributed by atoms with van der Waals surface area (Å²) in [6.45, 7) is 8.96. The zero-order chi connectivity index (χ0) is 8.22. The SMILES string of the molecule is CC.CC1(C)C2CC3C(C2)C31. The lowest BCUT2D eigenvalue weighted by Gasteiger charge is -2.22. The lowest BCUT2D eigenvalue weighted by atomic mass is 9.83. The number of hydrogen-bond donors (Lipinski definition) is 0. The lowest BCUT2D eigenvalue weighted by molar-refractivity contribution is 0.271. The third-order valence-electron chi connectivity index (χ3n) is 4.36. The maximum Gasteiger partial charge on any atom is -0.0292 e. The van der Waals surface area contributed by atoms with E-state index in [4.69, 9.17) is 0 Å². The molecule has 0 nitrogen and oxygen atoms in total. The molecule has 0 saturated heterocycles. The summed E-state index contributed by atoms with van der Waals surface area (Å²) >= 11 is 0. The maximum atomic E-state index is 2.48. The molecule has 4 saturated carbocycles. The molecule has 0 radical (unpaired) electrons. The van der Waals surface area contributed by atoms with Crippen molar-refractivity contribution >= 4 is 0 Å². The molecule has 4 rings (SSSR count). The first-order valence-electron chi connectivity index (χ1n) is 5.21. The standard InChI is InChI=1S/C9H14.C2H6/c1-9(2)5-3-6-7(4-5)8(6)9;1-2/h5-8H,3-4H2,1-2H3;1-2H3. The Bertz CT molecular complexity index is 153. The van der Waals surface area contributed by atoms with Gasteiger partial charge in [-0.05, 0) is 41.9 Å². The summed E-state index contributed by atoms with van der Waals surface area (Å²) in [5.74, 6) is 4.69. The van der Waals surface area contributed by atoms with Gasteiger partial charge in [0.2, 0.25) is 0 Å². The van der Waals surface area contributed by atoms with Crippen molar-refractivity contribution in [2.75, 3.05) is 0 Å². The van der Waals surface area contributed by atoms with Crippen LogP contribution in [-0.4, -0.2) is 0 Å². The van der Waals surface area contributed by atoms with Gasteiger partial charge in [-0.1, -0.05) is 27.7 Å². The fraction of sp³-hybridized carbons (Fsp3) is 1.00. The average Bonchev–Trinajstić information content (AvgIpc) is 2.33. The van der Waals surface area contributed by atoms with Crippen LogP contribution >= 0.6 is 0 Å². The van der Waals surface area contributed by atoms with Gasteiger partial charge in [-0.2, -0.15) is 0 Å². The Morgan fingerprint density at radius 2 is 1.45 bits per heavy atom. The molecule has 0 N–H and O–H groups in total. The van der Waals surface area contributed by atoms with E-state index in [2.05, 4.69) is 13.8 Å². The molecule has 4 fully saturated rings. The van der Waals surface area contributed by atoms with E-state index in [1.807, 2.05) is 13.8 Å². The van der Waals surface area contributed by atoms with Crippen molar-refractivity contribution in [3.63, 3.8) is 0 Å². The van der Waals surface area contributed by atoms with E-state index < -0.39 is 0 Å². The first-order valence-corrected chi connectivity index (χ1v) is 5.21. The van der Waals surface area contributed by atoms with Gasteiger partial charge in [-0.25, -0.2) is 0 Å². The summed E-state index contributed by atoms with van der Waals surface area (Å²) < 4.78 is 0. The molecule has 0 aliphatic heterocycles. The predicted molar refractivity (Wildman–Crippen MR) is 48.3 cm³/mol. The maximum absolute atomic E-state index is 2.48. The second-order valence-corrected chi connectivity index (χ2v) is 4.84. The Balaban J connectivity index is 0.000000224. The van der Waals surface area contributed by atoms with E-state index >= 15 is 0 Å². The van der Waals surface area contributed by atoms with E-state index in [1.165, 1.54) is 17.8 Å². The molecule has 0 amide bonds. The minimum Gasteiger partial charge on any atom is -0.0683 e. The van der Waals surface area contributed by atoms with E-state index in [-0.39, 0.29) is 0 Å². The molecule has 0 heterocycles. The monoisotopic (exact) mass is 152 g/mol. The van der Waals surface area contributed by atoms with Crippen molar-refractivity contribution in [1.29, 1.82) is 0 Å². The quantitative estimate of drug-likeness (QED) is 0.499. The van der Waals surface area contributed by atoms with Crippen LogP contribution in [0.15, 0.2) is 0 Å². The number of rotatable bonds is 0. The molecule has 4 aliphatic carbocycles. The van der Waals surface area contributed by atoms with Crippen LogP contribution in [0.1, 0.15) is 40.5 Å². The van der Waals surface area contributed by atoms with Crippen molar-refractivity contribution in [1.82, 2.24) is 0 Å². The van der Waals surface area contributed by atoms with Gasteiger partial charge in [-0.15, -0.1) is 0 Å². The van der Waals surface area contributed by atoms with E-state index in [1.54, 1.807) is 12.8 Å². The fourth-order valence-corrected chi connectivity index (χ4v) is 3.82. The Kier molecular flexibility index (Phi) is 1.41. The van der Waals surface area contributed by atoms with Gasteiger partial charge in [-0.3, -0.25) is 0 Å². The summed E-state index contributed by atoms with van der Waals surface area (Å²) in [6, 6.07) is 0. The van der Waals surface area contributed by atoms with Crippen molar-refractivity contribution in [2.24, 2.45) is 29.1 Å². The molecular formula is C11H20. The molecule has 4 aliphatic rings. The van der Waals surface area contributed by atoms with Crippen molar-refractivity contribution in [3.05, 3.63) is 0 Å². The highest BCUT2D eigenvalue weighted by Gasteiger charge is 2.71. The summed E-state index contributed by atoms with van der Waals surface area (Å²) in [6.07, 6.45) is 3.17. The molecule has 2 unspecified atom stereocenters. The Hall–Kier alpha value is 0. The molecule has 64 valence electrons. The van der Waals surface area contributed by atoms with E-state index in [9.17, 15) is 0 Å². The topological polar surface area (TPSA) is 0 Å². The molecule has 0 heteroatoms. The van der Waals surface area contributed by atoms with Crippen LogP contribution in [0.2, 0.25) is 0 Å². The van der Waals surface area contributed by atoms with Gasteiger partial charge in [0.05, 0.1) is 0 Å². The van der Waals surface area contributed by atoms with Crippen LogP contribution < -0.4 is 0 Å². The van der Waals surface area contributed by atoms with Crippen LogP contribution in [0.5, 0.6) is 0 Å². The fourth-order valence-electron chi connectivity index (χ4n) is 3.82. The van der Waals surface area contributed by atoms with Gasteiger partial charge in [0, 0.05) is 0 Å². The zero-order valence-electron chi connectivity index (χ0n) is 8.22. The first kappa shape index (κ1) is 7.64. The molecule has 0 aromatic carbocycles. The average molecular weight is 152 g/mol. The summed E-state index contributed by atoms with van der Waals surface area (Å²) in [5.41, 5.74) is 0.759. The molecular weight excluding hydrogens is 132 g/mol. The highest BCUT2D eigenvalue weighted by Crippen LogP contribution is 2.78. The smallest absolute Gasteiger partial charge is 0.0292 e. The Morgan fingerprint density at radius 1 is 1.00 bits per heavy atom. The van der Waals surface area contributed by atoms with Crippen LogP contribution in [-0.2, 0) is 0 Å². The molecule has 11 heavy (non-hydrogen) atoms. The van der Waals surface area contributed by atoms with Gasteiger partial charge in [0.25, 0.3) is 0 Å². The van der Waals surface area contributed by atoms with Crippen LogP contribution in [0.4, 0.5) is 0 Å². The largest absolute Gasteiger partial charge is 0.0683 e. The normalized spacial score (nSPS) is 53.5. The first-order chi connectivity index (χ1) is 5.21. The molecule has 4 bridgehead atoms. The molecule has 0 aromatic rings. The third kappa shape index (κ3) is 0.711. The van der Waals surface area contributed by atoms with E-state index in [0.717, 1.165) is 11.3 Å². The second kappa shape index (κ2) is 2.02. The third-order valence-corrected chi connectivity index (χ3v) is 4.36. The van der Waals surface area contributed by atoms with Crippen molar-refractivity contribution in [2.45, 2.75) is 40.5 Å². The molecule has 0 spiro atoms. The van der Waals surface area contributed by atoms with Crippen molar-refractivity contribution < 1.29 is 0 Å². The van der Waals surface area contributed by atoms with Gasteiger partial charge >= 0.3 is 0 Å². The van der Waals surface area contributed by atoms with Crippen LogP contribution in [0.25, 0.3) is 0 Å². The van der Waals surface area contributed by atoms with Gasteiger partial charge in [0.15, 0.2) is 0 Å². The van der Waals surface area contributed by atoms with Crippen molar-refractivity contribution in [3.8, 4) is 0 Å². The minimum absolute atomic E-state index is 0.759. The highest BCUT2D eigenvalue weighted by molar-refractivity contribution is 5.19. The van der Waals surface area contributed by atoms with Crippen LogP contribution in [0, 0.1) is 29.1 Å². The summed E-state index contributed by atoms with van der Waals surface area (Å²) in [7, 11) is 0. The van der Waals surface area contributed by atoms with E-state index in [0.29, 0.717) is 0 Å². The van der Waals surface area contributed by atoms with Gasteiger partial charge < -0.3 is 0 Å². The summed E-state index contributed by atoms with van der Waals surface area (Å²) in [4.78, 5) is 0. The minimum atomic E-state index is 0.759. The van der Waals surface area contributed by atoms with Gasteiger partial charge in [0.1, 0.15) is 0 Å². The second-order valence-electron chi connectivity index (χ2n) is 4.84. The Morgan fingerprint density at radius 3 is 1.55 bits per heavy atom. The Labute approximate surface area is 70.4 Å². The number of hydrogen-bond acceptors (Lipinski definition) is 0. The molecule has 0 aromatic heterocycles. The molecule has 2 atom stereocenters. The summed E-state index contributed by atoms with van der Waals surface area (Å²) in [5, 5.41) is 0. The highest BCUT2D eigenvalue weighted by atomic mass is 14.8. The van der Waals surface area contributed by atoms with Crippen LogP contribution in [0.3, 0.4) is 0 Å².